The van der Waals surface area contributed by atoms with Crippen molar-refractivity contribution in [3.05, 3.63) is 36.2 Å². The van der Waals surface area contributed by atoms with Crippen LogP contribution in [0.1, 0.15) is 25.1 Å². The Kier molecular flexibility index (Phi) is 5.56. The first-order valence-electron chi connectivity index (χ1n) is 9.19. The fourth-order valence-corrected chi connectivity index (χ4v) is 3.84. The normalized spacial score (nSPS) is 14.2. The average molecular weight is 399 g/mol. The van der Waals surface area contributed by atoms with Crippen molar-refractivity contribution < 1.29 is 9.32 Å². The number of nitrogens with zero attached hydrogens (tertiary/aromatic N) is 6. The predicted molar refractivity (Wildman–Crippen MR) is 106 cm³/mol. The Bertz CT molecular complexity index is 935. The summed E-state index contributed by atoms with van der Waals surface area (Å²) in [5.41, 5.74) is 0.975. The molecule has 4 rings (SSSR count). The van der Waals surface area contributed by atoms with Gasteiger partial charge in [0.15, 0.2) is 11.0 Å². The summed E-state index contributed by atoms with van der Waals surface area (Å²) in [7, 11) is 0. The number of hydrogen-bond acceptors (Lipinski definition) is 8. The zero-order chi connectivity index (χ0) is 19.3. The molecule has 2 aromatic heterocycles. The van der Waals surface area contributed by atoms with E-state index >= 15 is 0 Å². The maximum Gasteiger partial charge on any atom is 0.328 e. The highest BCUT2D eigenvalue weighted by molar-refractivity contribution is 7.99. The van der Waals surface area contributed by atoms with Crippen LogP contribution in [0.2, 0.25) is 0 Å². The number of carbonyl (C=O) groups excluding carboxylic acids is 1. The highest BCUT2D eigenvalue weighted by atomic mass is 32.2. The van der Waals surface area contributed by atoms with Crippen LogP contribution >= 0.6 is 11.8 Å². The van der Waals surface area contributed by atoms with Crippen LogP contribution < -0.4 is 10.2 Å². The minimum absolute atomic E-state index is 0.0987. The number of para-hydroxylation sites is 1. The van der Waals surface area contributed by atoms with Gasteiger partial charge >= 0.3 is 6.01 Å². The number of carbonyl (C=O) groups is 1. The van der Waals surface area contributed by atoms with E-state index in [0.29, 0.717) is 11.0 Å². The summed E-state index contributed by atoms with van der Waals surface area (Å²) >= 11 is 1.32. The van der Waals surface area contributed by atoms with Crippen molar-refractivity contribution in [2.24, 2.45) is 0 Å². The highest BCUT2D eigenvalue weighted by Crippen LogP contribution is 2.28. The second kappa shape index (κ2) is 8.42. The van der Waals surface area contributed by atoms with Crippen molar-refractivity contribution in [2.45, 2.75) is 31.3 Å². The SMILES string of the molecule is Cc1noc(NC(=O)CSc2nnc(N3CCCCC3)n2-c2ccccc2)n1. The number of thioether (sulfide) groups is 1. The van der Waals surface area contributed by atoms with Crippen molar-refractivity contribution in [3.63, 3.8) is 0 Å². The van der Waals surface area contributed by atoms with Gasteiger partial charge in [-0.3, -0.25) is 14.7 Å². The van der Waals surface area contributed by atoms with Crippen LogP contribution in [0.15, 0.2) is 40.0 Å². The first kappa shape index (κ1) is 18.5. The van der Waals surface area contributed by atoms with Gasteiger partial charge in [0.2, 0.25) is 11.9 Å². The number of piperidine rings is 1. The fraction of sp³-hybridized carbons (Fsp3) is 0.389. The van der Waals surface area contributed by atoms with Gasteiger partial charge in [-0.1, -0.05) is 35.1 Å². The molecular weight excluding hydrogens is 378 g/mol. The molecule has 0 unspecified atom stereocenters. The van der Waals surface area contributed by atoms with Gasteiger partial charge in [-0.25, -0.2) is 0 Å². The monoisotopic (exact) mass is 399 g/mol. The Morgan fingerprint density at radius 3 is 2.68 bits per heavy atom. The molecule has 9 nitrogen and oxygen atoms in total. The van der Waals surface area contributed by atoms with E-state index in [9.17, 15) is 4.79 Å². The summed E-state index contributed by atoms with van der Waals surface area (Å²) in [4.78, 5) is 18.5. The van der Waals surface area contributed by atoms with Crippen molar-refractivity contribution >= 4 is 29.6 Å². The third-order valence-corrected chi connectivity index (χ3v) is 5.30. The standard InChI is InChI=1S/C18H21N7O2S/c1-13-19-16(27-23-13)20-15(26)12-28-18-22-21-17(24-10-6-3-7-11-24)25(18)14-8-4-2-5-9-14/h2,4-5,8-9H,3,6-7,10-12H2,1H3,(H,19,20,23,26). The topological polar surface area (TPSA) is 102 Å². The molecule has 1 N–H and O–H groups in total. The smallest absolute Gasteiger partial charge is 0.328 e. The summed E-state index contributed by atoms with van der Waals surface area (Å²) in [6, 6.07) is 10.1. The maximum atomic E-state index is 12.2. The Balaban J connectivity index is 1.53. The van der Waals surface area contributed by atoms with Gasteiger partial charge in [0, 0.05) is 13.1 Å². The number of aryl methyl sites for hydroxylation is 1. The lowest BCUT2D eigenvalue weighted by atomic mass is 10.1. The number of anilines is 2. The molecule has 0 aliphatic carbocycles. The summed E-state index contributed by atoms with van der Waals surface area (Å²) in [6.07, 6.45) is 3.54. The minimum Gasteiger partial charge on any atom is -0.341 e. The van der Waals surface area contributed by atoms with Crippen LogP contribution in [-0.4, -0.2) is 49.7 Å². The number of nitrogens with one attached hydrogen (secondary N) is 1. The molecule has 0 spiro atoms. The molecule has 1 saturated heterocycles. The van der Waals surface area contributed by atoms with E-state index in [1.54, 1.807) is 6.92 Å². The van der Waals surface area contributed by atoms with Crippen molar-refractivity contribution in [1.82, 2.24) is 24.9 Å². The third-order valence-electron chi connectivity index (χ3n) is 4.38. The molecule has 0 bridgehead atoms. The molecule has 1 aliphatic rings. The second-order valence-electron chi connectivity index (χ2n) is 6.48. The van der Waals surface area contributed by atoms with Crippen molar-refractivity contribution in [2.75, 3.05) is 29.1 Å². The number of aromatic nitrogens is 5. The Hall–Kier alpha value is -2.88. The lowest BCUT2D eigenvalue weighted by Gasteiger charge is -2.27. The molecule has 1 aliphatic heterocycles. The summed E-state index contributed by atoms with van der Waals surface area (Å²) in [5, 5.41) is 15.7. The molecule has 0 radical (unpaired) electrons. The van der Waals surface area contributed by atoms with Gasteiger partial charge in [-0.2, -0.15) is 4.98 Å². The van der Waals surface area contributed by atoms with Crippen molar-refractivity contribution in [1.29, 1.82) is 0 Å². The Morgan fingerprint density at radius 1 is 1.18 bits per heavy atom. The van der Waals surface area contributed by atoms with E-state index in [-0.39, 0.29) is 17.7 Å². The second-order valence-corrected chi connectivity index (χ2v) is 7.43. The molecule has 0 atom stereocenters. The summed E-state index contributed by atoms with van der Waals surface area (Å²) in [6.45, 7) is 3.62. The van der Waals surface area contributed by atoms with Gasteiger partial charge in [-0.15, -0.1) is 10.2 Å². The Labute approximate surface area is 166 Å². The quantitative estimate of drug-likeness (QED) is 0.631. The van der Waals surface area contributed by atoms with Crippen molar-refractivity contribution in [3.8, 4) is 5.69 Å². The van der Waals surface area contributed by atoms with E-state index in [1.807, 2.05) is 34.9 Å². The van der Waals surface area contributed by atoms with Crippen LogP contribution in [0.4, 0.5) is 12.0 Å². The summed E-state index contributed by atoms with van der Waals surface area (Å²) in [5.74, 6) is 1.21. The molecule has 3 aromatic rings. The molecular formula is C18H21N7O2S. The maximum absolute atomic E-state index is 12.2. The van der Waals surface area contributed by atoms with E-state index in [1.165, 1.54) is 18.2 Å². The van der Waals surface area contributed by atoms with Gasteiger partial charge in [0.1, 0.15) is 0 Å². The predicted octanol–water partition coefficient (Wildman–Crippen LogP) is 2.68. The van der Waals surface area contributed by atoms with E-state index in [2.05, 4.69) is 30.6 Å². The van der Waals surface area contributed by atoms with Crippen LogP contribution in [0.3, 0.4) is 0 Å². The molecule has 146 valence electrons. The zero-order valence-corrected chi connectivity index (χ0v) is 16.4. The van der Waals surface area contributed by atoms with E-state index < -0.39 is 0 Å². The van der Waals surface area contributed by atoms with Crippen LogP contribution in [-0.2, 0) is 4.79 Å². The fourth-order valence-electron chi connectivity index (χ4n) is 3.09. The van der Waals surface area contributed by atoms with Gasteiger partial charge in [0.05, 0.1) is 11.4 Å². The molecule has 1 aromatic carbocycles. The largest absolute Gasteiger partial charge is 0.341 e. The van der Waals surface area contributed by atoms with Crippen LogP contribution in [0.25, 0.3) is 5.69 Å². The van der Waals surface area contributed by atoms with Crippen LogP contribution in [0.5, 0.6) is 0 Å². The average Bonchev–Trinajstić information content (AvgIpc) is 3.33. The van der Waals surface area contributed by atoms with Gasteiger partial charge in [0.25, 0.3) is 0 Å². The van der Waals surface area contributed by atoms with E-state index in [0.717, 1.165) is 37.6 Å². The van der Waals surface area contributed by atoms with Crippen LogP contribution in [0, 0.1) is 6.92 Å². The zero-order valence-electron chi connectivity index (χ0n) is 15.5. The molecule has 10 heteroatoms. The van der Waals surface area contributed by atoms with E-state index in [4.69, 9.17) is 4.52 Å². The lowest BCUT2D eigenvalue weighted by Crippen LogP contribution is -2.31. The Morgan fingerprint density at radius 2 is 1.96 bits per heavy atom. The molecule has 28 heavy (non-hydrogen) atoms. The molecule has 1 fully saturated rings. The lowest BCUT2D eigenvalue weighted by molar-refractivity contribution is -0.114. The van der Waals surface area contributed by atoms with Gasteiger partial charge in [-0.05, 0) is 38.3 Å². The minimum atomic E-state index is -0.240. The number of benzene rings is 1. The highest BCUT2D eigenvalue weighted by Gasteiger charge is 2.22. The van der Waals surface area contributed by atoms with Gasteiger partial charge < -0.3 is 9.42 Å². The number of rotatable bonds is 6. The molecule has 1 amide bonds. The molecule has 3 heterocycles. The summed E-state index contributed by atoms with van der Waals surface area (Å²) < 4.78 is 6.94. The number of amides is 1. The first-order chi connectivity index (χ1) is 13.7. The molecule has 0 saturated carbocycles. The third kappa shape index (κ3) is 4.16. The first-order valence-corrected chi connectivity index (χ1v) is 10.2. The number of hydrogen-bond donors (Lipinski definition) is 1.